The molecular weight excluding hydrogens is 368 g/mol. The summed E-state index contributed by atoms with van der Waals surface area (Å²) < 4.78 is 13.0. The zero-order valence-electron chi connectivity index (χ0n) is 16.9. The van der Waals surface area contributed by atoms with Crippen molar-refractivity contribution in [1.29, 1.82) is 0 Å². The Morgan fingerprint density at radius 2 is 2.21 bits per heavy atom. The highest BCUT2D eigenvalue weighted by molar-refractivity contribution is 5.76. The summed E-state index contributed by atoms with van der Waals surface area (Å²) in [4.78, 5) is 19.3. The minimum Gasteiger partial charge on any atom is -0.497 e. The molecule has 0 unspecified atom stereocenters. The standard InChI is InChI=1S/C22H26N4O3/c1-16-12-24-25(14-16)15-21(27)26-9-4-3-8-20(26)22-23-13-19(29-22)11-17-6-5-7-18(10-17)28-2/h5-7,10,12-14,20H,3-4,8-9,11,15H2,1-2H3/t20-/m0/s1. The Bertz CT molecular complexity index is 978. The number of rotatable bonds is 6. The molecule has 7 heteroatoms. The van der Waals surface area contributed by atoms with Crippen molar-refractivity contribution in [2.45, 2.75) is 45.2 Å². The molecule has 0 N–H and O–H groups in total. The lowest BCUT2D eigenvalue weighted by atomic mass is 10.0. The number of hydrogen-bond donors (Lipinski definition) is 0. The highest BCUT2D eigenvalue weighted by Crippen LogP contribution is 2.31. The minimum atomic E-state index is -0.119. The number of ether oxygens (including phenoxy) is 1. The number of nitrogens with zero attached hydrogens (tertiary/aromatic N) is 4. The van der Waals surface area contributed by atoms with Crippen molar-refractivity contribution in [3.8, 4) is 5.75 Å². The van der Waals surface area contributed by atoms with Crippen LogP contribution in [0.3, 0.4) is 0 Å². The first-order valence-corrected chi connectivity index (χ1v) is 9.98. The summed E-state index contributed by atoms with van der Waals surface area (Å²) >= 11 is 0. The van der Waals surface area contributed by atoms with Gasteiger partial charge in [-0.2, -0.15) is 5.10 Å². The second-order valence-corrected chi connectivity index (χ2v) is 7.51. The molecule has 29 heavy (non-hydrogen) atoms. The van der Waals surface area contributed by atoms with E-state index in [0.717, 1.165) is 48.4 Å². The van der Waals surface area contributed by atoms with Crippen molar-refractivity contribution in [1.82, 2.24) is 19.7 Å². The van der Waals surface area contributed by atoms with Gasteiger partial charge in [0.1, 0.15) is 24.1 Å². The SMILES string of the molecule is COc1cccc(Cc2cnc([C@@H]3CCCCN3C(=O)Cn3cc(C)cn3)o2)c1. The summed E-state index contributed by atoms with van der Waals surface area (Å²) in [6, 6.07) is 7.79. The van der Waals surface area contributed by atoms with Gasteiger partial charge in [-0.15, -0.1) is 0 Å². The number of carbonyl (C=O) groups is 1. The molecular formula is C22H26N4O3. The quantitative estimate of drug-likeness (QED) is 0.639. The lowest BCUT2D eigenvalue weighted by Gasteiger charge is -2.33. The molecule has 3 heterocycles. The number of methoxy groups -OCH3 is 1. The van der Waals surface area contributed by atoms with Gasteiger partial charge in [-0.05, 0) is 49.4 Å². The second kappa shape index (κ2) is 8.51. The molecule has 0 aliphatic carbocycles. The van der Waals surface area contributed by atoms with Crippen molar-refractivity contribution in [3.05, 3.63) is 65.6 Å². The van der Waals surface area contributed by atoms with E-state index in [0.29, 0.717) is 12.3 Å². The first-order valence-electron chi connectivity index (χ1n) is 9.98. The third-order valence-corrected chi connectivity index (χ3v) is 5.25. The zero-order valence-corrected chi connectivity index (χ0v) is 16.9. The van der Waals surface area contributed by atoms with Crippen molar-refractivity contribution in [3.63, 3.8) is 0 Å². The lowest BCUT2D eigenvalue weighted by molar-refractivity contribution is -0.136. The average Bonchev–Trinajstić information content (AvgIpc) is 3.37. The van der Waals surface area contributed by atoms with E-state index in [1.54, 1.807) is 24.2 Å². The number of amides is 1. The largest absolute Gasteiger partial charge is 0.497 e. The molecule has 0 radical (unpaired) electrons. The van der Waals surface area contributed by atoms with Gasteiger partial charge in [-0.3, -0.25) is 9.48 Å². The molecule has 1 saturated heterocycles. The van der Waals surface area contributed by atoms with E-state index in [1.807, 2.05) is 42.3 Å². The summed E-state index contributed by atoms with van der Waals surface area (Å²) in [6.07, 6.45) is 8.97. The molecule has 1 amide bonds. The van der Waals surface area contributed by atoms with Crippen molar-refractivity contribution in [2.75, 3.05) is 13.7 Å². The van der Waals surface area contributed by atoms with Gasteiger partial charge in [0.05, 0.1) is 19.5 Å². The van der Waals surface area contributed by atoms with Gasteiger partial charge in [-0.25, -0.2) is 4.98 Å². The second-order valence-electron chi connectivity index (χ2n) is 7.51. The minimum absolute atomic E-state index is 0.0466. The monoisotopic (exact) mass is 394 g/mol. The number of likely N-dealkylation sites (tertiary alicyclic amines) is 1. The number of oxazole rings is 1. The Labute approximate surface area is 170 Å². The topological polar surface area (TPSA) is 73.4 Å². The highest BCUT2D eigenvalue weighted by atomic mass is 16.5. The van der Waals surface area contributed by atoms with Gasteiger partial charge in [0.25, 0.3) is 0 Å². The van der Waals surface area contributed by atoms with E-state index in [9.17, 15) is 4.79 Å². The molecule has 2 aromatic heterocycles. The normalized spacial score (nSPS) is 16.8. The van der Waals surface area contributed by atoms with Gasteiger partial charge in [0.15, 0.2) is 0 Å². The number of aromatic nitrogens is 3. The molecule has 0 bridgehead atoms. The number of hydrogen-bond acceptors (Lipinski definition) is 5. The van der Waals surface area contributed by atoms with Crippen molar-refractivity contribution >= 4 is 5.91 Å². The van der Waals surface area contributed by atoms with Gasteiger partial charge in [-0.1, -0.05) is 12.1 Å². The Kier molecular flexibility index (Phi) is 5.64. The Balaban J connectivity index is 1.47. The van der Waals surface area contributed by atoms with Crippen molar-refractivity contribution < 1.29 is 13.9 Å². The van der Waals surface area contributed by atoms with E-state index in [2.05, 4.69) is 10.1 Å². The fourth-order valence-corrected chi connectivity index (χ4v) is 3.81. The number of carbonyl (C=O) groups excluding carboxylic acids is 1. The Morgan fingerprint density at radius 3 is 3.00 bits per heavy atom. The maximum atomic E-state index is 12.9. The molecule has 7 nitrogen and oxygen atoms in total. The number of benzene rings is 1. The van der Waals surface area contributed by atoms with E-state index >= 15 is 0 Å². The third kappa shape index (κ3) is 4.50. The Hall–Kier alpha value is -3.09. The summed E-state index contributed by atoms with van der Waals surface area (Å²) in [5.74, 6) is 2.27. The first kappa shape index (κ1) is 19.2. The molecule has 0 spiro atoms. The number of piperidine rings is 1. The van der Waals surface area contributed by atoms with E-state index < -0.39 is 0 Å². The van der Waals surface area contributed by atoms with Crippen LogP contribution in [0.1, 0.15) is 48.1 Å². The molecule has 152 valence electrons. The maximum Gasteiger partial charge on any atom is 0.244 e. The molecule has 1 aliphatic rings. The van der Waals surface area contributed by atoms with Crippen LogP contribution >= 0.6 is 0 Å². The van der Waals surface area contributed by atoms with Crippen LogP contribution in [0.15, 0.2) is 47.3 Å². The van der Waals surface area contributed by atoms with Crippen LogP contribution in [0, 0.1) is 6.92 Å². The molecule has 1 aliphatic heterocycles. The first-order chi connectivity index (χ1) is 14.1. The predicted octanol–water partition coefficient (Wildman–Crippen LogP) is 3.53. The van der Waals surface area contributed by atoms with Crippen molar-refractivity contribution in [2.24, 2.45) is 0 Å². The van der Waals surface area contributed by atoms with Gasteiger partial charge in [0, 0.05) is 19.2 Å². The smallest absolute Gasteiger partial charge is 0.244 e. The van der Waals surface area contributed by atoms with Crippen LogP contribution in [0.2, 0.25) is 0 Å². The van der Waals surface area contributed by atoms with E-state index in [4.69, 9.17) is 9.15 Å². The molecule has 0 saturated carbocycles. The van der Waals surface area contributed by atoms with Crippen LogP contribution in [0.4, 0.5) is 0 Å². The highest BCUT2D eigenvalue weighted by Gasteiger charge is 2.31. The van der Waals surface area contributed by atoms with Gasteiger partial charge < -0.3 is 14.1 Å². The van der Waals surface area contributed by atoms with E-state index in [-0.39, 0.29) is 18.5 Å². The zero-order chi connectivity index (χ0) is 20.2. The predicted molar refractivity (Wildman–Crippen MR) is 108 cm³/mol. The molecule has 1 aromatic carbocycles. The van der Waals surface area contributed by atoms with Gasteiger partial charge in [0.2, 0.25) is 11.8 Å². The Morgan fingerprint density at radius 1 is 1.31 bits per heavy atom. The summed E-state index contributed by atoms with van der Waals surface area (Å²) in [7, 11) is 1.66. The summed E-state index contributed by atoms with van der Waals surface area (Å²) in [5, 5.41) is 4.23. The van der Waals surface area contributed by atoms with E-state index in [1.165, 1.54) is 0 Å². The average molecular weight is 394 g/mol. The maximum absolute atomic E-state index is 12.9. The van der Waals surface area contributed by atoms with Crippen LogP contribution in [-0.4, -0.2) is 39.2 Å². The molecule has 1 fully saturated rings. The fourth-order valence-electron chi connectivity index (χ4n) is 3.81. The van der Waals surface area contributed by atoms with Crippen LogP contribution in [0.5, 0.6) is 5.75 Å². The van der Waals surface area contributed by atoms with Gasteiger partial charge >= 0.3 is 0 Å². The fraction of sp³-hybridized carbons (Fsp3) is 0.409. The van der Waals surface area contributed by atoms with Crippen LogP contribution in [0.25, 0.3) is 0 Å². The van der Waals surface area contributed by atoms with Crippen LogP contribution in [-0.2, 0) is 17.8 Å². The lowest BCUT2D eigenvalue weighted by Crippen LogP contribution is -2.40. The van der Waals surface area contributed by atoms with Crippen LogP contribution < -0.4 is 4.74 Å². The number of aryl methyl sites for hydroxylation is 1. The summed E-state index contributed by atoms with van der Waals surface area (Å²) in [6.45, 7) is 2.92. The summed E-state index contributed by atoms with van der Waals surface area (Å²) in [5.41, 5.74) is 2.14. The molecule has 3 aromatic rings. The molecule has 1 atom stereocenters. The molecule has 4 rings (SSSR count). The third-order valence-electron chi connectivity index (χ3n) is 5.25.